The number of aromatic nitrogens is 3. The number of fused-ring (bicyclic) bond motifs is 1. The maximum Gasteiger partial charge on any atom is 0.319 e. The van der Waals surface area contributed by atoms with Crippen LogP contribution in [0.1, 0.15) is 44.9 Å². The van der Waals surface area contributed by atoms with Gasteiger partial charge in [0.2, 0.25) is 0 Å². The molecule has 2 N–H and O–H groups in total. The third-order valence-corrected chi connectivity index (χ3v) is 10.4. The van der Waals surface area contributed by atoms with Crippen LogP contribution in [0.25, 0.3) is 5.65 Å². The van der Waals surface area contributed by atoms with Gasteiger partial charge >= 0.3 is 6.03 Å². The van der Waals surface area contributed by atoms with E-state index in [1.54, 1.807) is 4.52 Å². The molecule has 2 amide bonds. The summed E-state index contributed by atoms with van der Waals surface area (Å²) < 4.78 is 8.51. The largest absolute Gasteiger partial charge is 0.408 e. The number of rotatable bonds is 6. The van der Waals surface area contributed by atoms with Gasteiger partial charge in [0.1, 0.15) is 6.33 Å². The molecule has 2 aromatic heterocycles. The van der Waals surface area contributed by atoms with E-state index in [1.165, 1.54) is 6.33 Å². The van der Waals surface area contributed by atoms with Crippen molar-refractivity contribution in [2.24, 2.45) is 0 Å². The molecule has 0 unspecified atom stereocenters. The lowest BCUT2D eigenvalue weighted by molar-refractivity contribution is 0.146. The second-order valence-electron chi connectivity index (χ2n) is 9.58. The Labute approximate surface area is 185 Å². The zero-order valence-corrected chi connectivity index (χ0v) is 20.4. The number of nitrogens with zero attached hydrogens (tertiary/aromatic N) is 3. The monoisotopic (exact) mass is 439 g/mol. The molecule has 0 bridgehead atoms. The van der Waals surface area contributed by atoms with Gasteiger partial charge in [-0.25, -0.2) is 14.3 Å². The van der Waals surface area contributed by atoms with Crippen molar-refractivity contribution < 1.29 is 9.22 Å². The van der Waals surface area contributed by atoms with Crippen LogP contribution in [-0.2, 0) is 4.43 Å². The summed E-state index contributed by atoms with van der Waals surface area (Å²) in [7, 11) is -2.11. The number of carbonyl (C=O) groups is 1. The number of nitrogens with one attached hydrogen (secondary N) is 2. The number of pyridine rings is 1. The third-order valence-electron chi connectivity index (χ3n) is 5.94. The van der Waals surface area contributed by atoms with Gasteiger partial charge in [-0.1, -0.05) is 39.0 Å². The first-order valence-electron chi connectivity index (χ1n) is 10.6. The summed E-state index contributed by atoms with van der Waals surface area (Å²) in [5.74, 6) is 0. The fourth-order valence-electron chi connectivity index (χ4n) is 3.13. The number of hydrogen-bond donors (Lipinski definition) is 2. The highest BCUT2D eigenvalue weighted by atomic mass is 28.4. The summed E-state index contributed by atoms with van der Waals surface area (Å²) in [4.78, 5) is 16.9. The minimum absolute atomic E-state index is 0.0339. The highest BCUT2D eigenvalue weighted by molar-refractivity contribution is 6.74. The Morgan fingerprint density at radius 2 is 1.94 bits per heavy atom. The lowest BCUT2D eigenvalue weighted by Crippen LogP contribution is -2.47. The Morgan fingerprint density at radius 3 is 2.61 bits per heavy atom. The summed E-state index contributed by atoms with van der Waals surface area (Å²) in [6, 6.07) is 11.1. The van der Waals surface area contributed by atoms with E-state index >= 15 is 0 Å². The average Bonchev–Trinajstić information content (AvgIpc) is 3.12. The third kappa shape index (κ3) is 5.51. The van der Waals surface area contributed by atoms with E-state index in [0.717, 1.165) is 22.5 Å². The fraction of sp³-hybridized carbons (Fsp3) is 0.435. The molecule has 8 heteroatoms. The number of carbonyl (C=O) groups excluding carboxylic acids is 1. The summed E-state index contributed by atoms with van der Waals surface area (Å²) in [6.45, 7) is 15.0. The van der Waals surface area contributed by atoms with Crippen LogP contribution in [0.5, 0.6) is 0 Å². The van der Waals surface area contributed by atoms with Crippen molar-refractivity contribution in [2.75, 3.05) is 5.32 Å². The molecule has 0 saturated carbocycles. The molecule has 0 aliphatic rings. The predicted octanol–water partition coefficient (Wildman–Crippen LogP) is 5.31. The molecule has 2 atom stereocenters. The smallest absolute Gasteiger partial charge is 0.319 e. The Kier molecular flexibility index (Phi) is 6.52. The molecule has 3 aromatic rings. The van der Waals surface area contributed by atoms with Crippen LogP contribution in [0, 0.1) is 6.92 Å². The number of benzene rings is 1. The van der Waals surface area contributed by atoms with Crippen molar-refractivity contribution in [2.45, 2.75) is 64.9 Å². The highest BCUT2D eigenvalue weighted by Crippen LogP contribution is 2.40. The zero-order valence-electron chi connectivity index (χ0n) is 19.4. The van der Waals surface area contributed by atoms with E-state index in [2.05, 4.69) is 54.6 Å². The molecule has 0 aliphatic heterocycles. The molecule has 3 rings (SSSR count). The van der Waals surface area contributed by atoms with Crippen LogP contribution < -0.4 is 10.6 Å². The Morgan fingerprint density at radius 1 is 1.19 bits per heavy atom. The molecule has 0 fully saturated rings. The first-order valence-corrected chi connectivity index (χ1v) is 13.5. The van der Waals surface area contributed by atoms with E-state index in [1.807, 2.05) is 56.4 Å². The average molecular weight is 440 g/mol. The Hall–Kier alpha value is -2.71. The van der Waals surface area contributed by atoms with Gasteiger partial charge in [-0.3, -0.25) is 0 Å². The van der Waals surface area contributed by atoms with Crippen LogP contribution in [0.3, 0.4) is 0 Å². The summed E-state index contributed by atoms with van der Waals surface area (Å²) in [5.41, 5.74) is 3.57. The van der Waals surface area contributed by atoms with Crippen molar-refractivity contribution in [3.8, 4) is 0 Å². The van der Waals surface area contributed by atoms with E-state index in [9.17, 15) is 4.79 Å². The Balaban J connectivity index is 1.84. The number of amides is 2. The minimum Gasteiger partial charge on any atom is -0.408 e. The van der Waals surface area contributed by atoms with Crippen LogP contribution in [-0.4, -0.2) is 35.0 Å². The van der Waals surface area contributed by atoms with E-state index in [0.29, 0.717) is 0 Å². The molecular formula is C23H33N5O2Si. The van der Waals surface area contributed by atoms with Gasteiger partial charge in [0.15, 0.2) is 14.0 Å². The quantitative estimate of drug-likeness (QED) is 0.510. The second-order valence-corrected chi connectivity index (χ2v) is 14.3. The number of urea groups is 1. The van der Waals surface area contributed by atoms with E-state index in [4.69, 9.17) is 4.43 Å². The molecule has 0 aliphatic carbocycles. The van der Waals surface area contributed by atoms with Crippen LogP contribution in [0.2, 0.25) is 18.1 Å². The standard InChI is InChI=1S/C23H33N5O2Si/c1-16-9-8-10-19(13-16)27-22(29)26-17(2)21(30-31(6,7)23(3,4)5)18-11-12-20-24-15-25-28(20)14-18/h8-15,17,21H,1-7H3,(H2,26,27,29)/t17-,21-/m0/s1. The maximum atomic E-state index is 12.7. The molecule has 7 nitrogen and oxygen atoms in total. The SMILES string of the molecule is Cc1cccc(NC(=O)N[C@@H](C)[C@H](O[Si](C)(C)C(C)(C)C)c2ccc3ncnn3c2)c1. The lowest BCUT2D eigenvalue weighted by atomic mass is 10.1. The number of anilines is 1. The summed E-state index contributed by atoms with van der Waals surface area (Å²) in [6.07, 6.45) is 3.13. The second kappa shape index (κ2) is 8.80. The molecule has 0 saturated heterocycles. The fourth-order valence-corrected chi connectivity index (χ4v) is 4.46. The van der Waals surface area contributed by atoms with Crippen LogP contribution >= 0.6 is 0 Å². The van der Waals surface area contributed by atoms with Crippen LogP contribution in [0.15, 0.2) is 48.9 Å². The molecular weight excluding hydrogens is 406 g/mol. The molecule has 0 radical (unpaired) electrons. The summed E-state index contributed by atoms with van der Waals surface area (Å²) in [5, 5.41) is 10.3. The first-order chi connectivity index (χ1) is 14.5. The molecule has 1 aromatic carbocycles. The van der Waals surface area contributed by atoms with Gasteiger partial charge in [0.05, 0.1) is 12.1 Å². The molecule has 166 valence electrons. The topological polar surface area (TPSA) is 80.5 Å². The number of aryl methyl sites for hydroxylation is 1. The van der Waals surface area contributed by atoms with Gasteiger partial charge < -0.3 is 15.1 Å². The molecule has 2 heterocycles. The van der Waals surface area contributed by atoms with Crippen molar-refractivity contribution in [3.63, 3.8) is 0 Å². The zero-order chi connectivity index (χ0) is 22.8. The van der Waals surface area contributed by atoms with Crippen molar-refractivity contribution in [3.05, 3.63) is 60.0 Å². The van der Waals surface area contributed by atoms with Gasteiger partial charge in [-0.2, -0.15) is 5.10 Å². The summed E-state index contributed by atoms with van der Waals surface area (Å²) >= 11 is 0. The molecule has 0 spiro atoms. The normalized spacial score (nSPS) is 14.3. The Bertz CT molecular complexity index is 1060. The van der Waals surface area contributed by atoms with Gasteiger partial charge in [-0.05, 0) is 55.7 Å². The maximum absolute atomic E-state index is 12.7. The highest BCUT2D eigenvalue weighted by Gasteiger charge is 2.41. The van der Waals surface area contributed by atoms with Gasteiger partial charge in [0.25, 0.3) is 0 Å². The van der Waals surface area contributed by atoms with E-state index < -0.39 is 8.32 Å². The van der Waals surface area contributed by atoms with E-state index in [-0.39, 0.29) is 23.2 Å². The predicted molar refractivity (Wildman–Crippen MR) is 127 cm³/mol. The minimum atomic E-state index is -2.11. The first kappa shape index (κ1) is 23.0. The van der Waals surface area contributed by atoms with Gasteiger partial charge in [0, 0.05) is 17.4 Å². The number of hydrogen-bond acceptors (Lipinski definition) is 4. The van der Waals surface area contributed by atoms with Crippen molar-refractivity contribution >= 4 is 25.7 Å². The lowest BCUT2D eigenvalue weighted by Gasteiger charge is -2.41. The van der Waals surface area contributed by atoms with Gasteiger partial charge in [-0.15, -0.1) is 0 Å². The van der Waals surface area contributed by atoms with Crippen molar-refractivity contribution in [1.82, 2.24) is 19.9 Å². The van der Waals surface area contributed by atoms with Crippen molar-refractivity contribution in [1.29, 1.82) is 0 Å². The molecule has 31 heavy (non-hydrogen) atoms. The van der Waals surface area contributed by atoms with Crippen LogP contribution in [0.4, 0.5) is 10.5 Å².